The molecule has 0 saturated carbocycles. The molecule has 0 aliphatic carbocycles. The van der Waals surface area contributed by atoms with Crippen LogP contribution in [0.2, 0.25) is 5.02 Å². The zero-order valence-electron chi connectivity index (χ0n) is 16.6. The lowest BCUT2D eigenvalue weighted by Crippen LogP contribution is -2.26. The van der Waals surface area contributed by atoms with Crippen LogP contribution in [0.25, 0.3) is 10.6 Å². The maximum atomic E-state index is 13.0. The number of nitro benzene ring substituents is 1. The zero-order valence-corrected chi connectivity index (χ0v) is 19.0. The van der Waals surface area contributed by atoms with Gasteiger partial charge in [-0.1, -0.05) is 41.9 Å². The van der Waals surface area contributed by atoms with Gasteiger partial charge in [-0.05, 0) is 23.6 Å². The first kappa shape index (κ1) is 22.6. The molecule has 1 atom stereocenters. The third-order valence-electron chi connectivity index (χ3n) is 4.46. The van der Waals surface area contributed by atoms with Crippen LogP contribution in [-0.4, -0.2) is 21.8 Å². The smallest absolute Gasteiger partial charge is 0.358 e. The number of thiazole rings is 1. The average molecular weight is 500 g/mol. The van der Waals surface area contributed by atoms with Crippen molar-refractivity contribution in [3.8, 4) is 10.6 Å². The number of carbonyl (C=O) groups excluding carboxylic acids is 2. The van der Waals surface area contributed by atoms with Crippen LogP contribution in [-0.2, 0) is 9.53 Å². The molecule has 0 radical (unpaired) electrons. The minimum atomic E-state index is -1.31. The Morgan fingerprint density at radius 3 is 2.61 bits per heavy atom. The van der Waals surface area contributed by atoms with Crippen LogP contribution in [0, 0.1) is 10.1 Å². The summed E-state index contributed by atoms with van der Waals surface area (Å²) in [5.41, 5.74) is 1.19. The molecule has 1 unspecified atom stereocenters. The first-order valence-corrected chi connectivity index (χ1v) is 11.6. The average Bonchev–Trinajstić information content (AvgIpc) is 3.51. The highest BCUT2D eigenvalue weighted by atomic mass is 35.5. The van der Waals surface area contributed by atoms with Crippen LogP contribution in [0.15, 0.2) is 70.7 Å². The predicted molar refractivity (Wildman–Crippen MR) is 127 cm³/mol. The number of amides is 1. The van der Waals surface area contributed by atoms with Gasteiger partial charge in [0, 0.05) is 33.6 Å². The Kier molecular flexibility index (Phi) is 6.78. The zero-order chi connectivity index (χ0) is 23.4. The highest BCUT2D eigenvalue weighted by Crippen LogP contribution is 2.30. The summed E-state index contributed by atoms with van der Waals surface area (Å²) in [5.74, 6) is -1.45. The molecule has 0 aliphatic heterocycles. The largest absolute Gasteiger partial charge is 0.443 e. The van der Waals surface area contributed by atoms with Crippen LogP contribution in [0.5, 0.6) is 0 Å². The lowest BCUT2D eigenvalue weighted by atomic mass is 10.1. The summed E-state index contributed by atoms with van der Waals surface area (Å²) in [7, 11) is 0. The molecule has 1 N–H and O–H groups in total. The van der Waals surface area contributed by atoms with Crippen molar-refractivity contribution in [1.82, 2.24) is 4.98 Å². The number of aromatic nitrogens is 1. The molecular formula is C22H14ClN3O5S2. The van der Waals surface area contributed by atoms with Gasteiger partial charge < -0.3 is 10.1 Å². The fourth-order valence-electron chi connectivity index (χ4n) is 2.89. The van der Waals surface area contributed by atoms with E-state index in [0.29, 0.717) is 10.6 Å². The lowest BCUT2D eigenvalue weighted by molar-refractivity contribution is -0.384. The van der Waals surface area contributed by atoms with Crippen molar-refractivity contribution in [3.05, 3.63) is 97.1 Å². The normalized spacial score (nSPS) is 11.5. The number of nitrogens with one attached hydrogen (secondary N) is 1. The Balaban J connectivity index is 1.57. The van der Waals surface area contributed by atoms with E-state index in [4.69, 9.17) is 16.3 Å². The van der Waals surface area contributed by atoms with E-state index in [0.717, 1.165) is 11.6 Å². The summed E-state index contributed by atoms with van der Waals surface area (Å²) < 4.78 is 5.52. The van der Waals surface area contributed by atoms with Crippen LogP contribution < -0.4 is 5.32 Å². The Morgan fingerprint density at radius 1 is 1.12 bits per heavy atom. The molecule has 0 fully saturated rings. The molecule has 166 valence electrons. The second-order valence-corrected chi connectivity index (χ2v) is 8.70. The number of nitro groups is 1. The Morgan fingerprint density at radius 2 is 1.91 bits per heavy atom. The Labute approximate surface area is 200 Å². The van der Waals surface area contributed by atoms with Gasteiger partial charge in [0.05, 0.1) is 4.92 Å². The van der Waals surface area contributed by atoms with Crippen LogP contribution >= 0.6 is 34.3 Å². The van der Waals surface area contributed by atoms with Gasteiger partial charge >= 0.3 is 5.97 Å². The fourth-order valence-corrected chi connectivity index (χ4v) is 4.58. The number of ether oxygens (including phenoxy) is 1. The number of rotatable bonds is 7. The SMILES string of the molecule is O=C(OC(C(=O)Nc1ccc(Cl)c([N+](=O)[O-])c1)c1ccccc1)c1csc(-c2ccsc2)n1. The first-order chi connectivity index (χ1) is 15.9. The Hall–Kier alpha value is -3.60. The molecule has 8 nitrogen and oxygen atoms in total. The van der Waals surface area contributed by atoms with Gasteiger partial charge in [-0.2, -0.15) is 11.3 Å². The monoisotopic (exact) mass is 499 g/mol. The highest BCUT2D eigenvalue weighted by molar-refractivity contribution is 7.14. The summed E-state index contributed by atoms with van der Waals surface area (Å²) in [6.07, 6.45) is -1.31. The molecule has 4 aromatic rings. The number of hydrogen-bond donors (Lipinski definition) is 1. The van der Waals surface area contributed by atoms with E-state index in [2.05, 4.69) is 10.3 Å². The lowest BCUT2D eigenvalue weighted by Gasteiger charge is -2.17. The third kappa shape index (κ3) is 5.25. The molecule has 11 heteroatoms. The van der Waals surface area contributed by atoms with E-state index < -0.39 is 22.9 Å². The van der Waals surface area contributed by atoms with Gasteiger partial charge in [-0.25, -0.2) is 9.78 Å². The minimum absolute atomic E-state index is 0.0611. The van der Waals surface area contributed by atoms with Gasteiger partial charge in [0.2, 0.25) is 6.10 Å². The third-order valence-corrected chi connectivity index (χ3v) is 6.35. The topological polar surface area (TPSA) is 111 Å². The van der Waals surface area contributed by atoms with Gasteiger partial charge in [0.25, 0.3) is 11.6 Å². The minimum Gasteiger partial charge on any atom is -0.443 e. The molecule has 0 bridgehead atoms. The molecule has 1 amide bonds. The van der Waals surface area contributed by atoms with E-state index in [9.17, 15) is 19.7 Å². The second-order valence-electron chi connectivity index (χ2n) is 6.66. The van der Waals surface area contributed by atoms with Crippen molar-refractivity contribution < 1.29 is 19.2 Å². The Bertz CT molecular complexity index is 1310. The number of hydrogen-bond acceptors (Lipinski definition) is 8. The van der Waals surface area contributed by atoms with Crippen molar-refractivity contribution in [3.63, 3.8) is 0 Å². The quantitative estimate of drug-likeness (QED) is 0.190. The molecule has 0 spiro atoms. The standard InChI is InChI=1S/C22H14ClN3O5S2/c23-16-7-6-15(10-18(16)26(29)30)24-20(27)19(13-4-2-1-3-5-13)31-22(28)17-12-33-21(25-17)14-8-9-32-11-14/h1-12,19H,(H,24,27). The van der Waals surface area contributed by atoms with Crippen LogP contribution in [0.4, 0.5) is 11.4 Å². The number of halogens is 1. The summed E-state index contributed by atoms with van der Waals surface area (Å²) >= 11 is 8.64. The molecular weight excluding hydrogens is 486 g/mol. The van der Waals surface area contributed by atoms with E-state index in [-0.39, 0.29) is 22.1 Å². The van der Waals surface area contributed by atoms with E-state index >= 15 is 0 Å². The maximum absolute atomic E-state index is 13.0. The van der Waals surface area contributed by atoms with Gasteiger partial charge in [0.15, 0.2) is 5.69 Å². The number of nitrogens with zero attached hydrogens (tertiary/aromatic N) is 2. The maximum Gasteiger partial charge on any atom is 0.358 e. The summed E-state index contributed by atoms with van der Waals surface area (Å²) in [6.45, 7) is 0. The van der Waals surface area contributed by atoms with Crippen molar-refractivity contribution in [2.24, 2.45) is 0 Å². The van der Waals surface area contributed by atoms with Crippen molar-refractivity contribution in [2.45, 2.75) is 6.10 Å². The highest BCUT2D eigenvalue weighted by Gasteiger charge is 2.27. The van der Waals surface area contributed by atoms with Gasteiger partial charge in [-0.15, -0.1) is 11.3 Å². The molecule has 33 heavy (non-hydrogen) atoms. The molecule has 2 aromatic carbocycles. The number of carbonyl (C=O) groups is 2. The van der Waals surface area contributed by atoms with Crippen LogP contribution in [0.3, 0.4) is 0 Å². The fraction of sp³-hybridized carbons (Fsp3) is 0.0455. The van der Waals surface area contributed by atoms with E-state index in [1.807, 2.05) is 16.8 Å². The number of anilines is 1. The van der Waals surface area contributed by atoms with E-state index in [1.54, 1.807) is 35.7 Å². The van der Waals surface area contributed by atoms with Crippen molar-refractivity contribution in [2.75, 3.05) is 5.32 Å². The second kappa shape index (κ2) is 9.90. The van der Waals surface area contributed by atoms with Crippen LogP contribution in [0.1, 0.15) is 22.2 Å². The number of esters is 1. The molecule has 2 aromatic heterocycles. The van der Waals surface area contributed by atoms with Gasteiger partial charge in [0.1, 0.15) is 10.0 Å². The molecule has 4 rings (SSSR count). The number of benzene rings is 2. The van der Waals surface area contributed by atoms with Gasteiger partial charge in [-0.3, -0.25) is 14.9 Å². The summed E-state index contributed by atoms with van der Waals surface area (Å²) in [4.78, 5) is 40.6. The molecule has 0 saturated heterocycles. The summed E-state index contributed by atoms with van der Waals surface area (Å²) in [5, 5.41) is 19.7. The molecule has 2 heterocycles. The predicted octanol–water partition coefficient (Wildman–Crippen LogP) is 5.97. The summed E-state index contributed by atoms with van der Waals surface area (Å²) in [6, 6.07) is 14.2. The van der Waals surface area contributed by atoms with E-state index in [1.165, 1.54) is 34.8 Å². The van der Waals surface area contributed by atoms with Crippen molar-refractivity contribution in [1.29, 1.82) is 0 Å². The number of thiophene rings is 1. The first-order valence-electron chi connectivity index (χ1n) is 9.41. The van der Waals surface area contributed by atoms with Crippen molar-refractivity contribution >= 4 is 57.5 Å². The molecule has 0 aliphatic rings.